The third kappa shape index (κ3) is 3.14. The van der Waals surface area contributed by atoms with E-state index in [9.17, 15) is 14.4 Å². The summed E-state index contributed by atoms with van der Waals surface area (Å²) in [5.74, 6) is -1.99. The predicted octanol–water partition coefficient (Wildman–Crippen LogP) is 4.53. The number of anilines is 2. The van der Waals surface area contributed by atoms with E-state index in [4.69, 9.17) is 9.57 Å². The van der Waals surface area contributed by atoms with Crippen molar-refractivity contribution < 1.29 is 24.0 Å². The summed E-state index contributed by atoms with van der Waals surface area (Å²) in [4.78, 5) is 49.7. The summed E-state index contributed by atoms with van der Waals surface area (Å²) in [6.45, 7) is 0. The van der Waals surface area contributed by atoms with Crippen LogP contribution in [0.5, 0.6) is 0 Å². The van der Waals surface area contributed by atoms with Crippen LogP contribution in [-0.2, 0) is 32.0 Å². The average Bonchev–Trinajstić information content (AvgIpc) is 3.63. The van der Waals surface area contributed by atoms with Gasteiger partial charge in [-0.3, -0.25) is 14.4 Å². The van der Waals surface area contributed by atoms with E-state index >= 15 is 0 Å². The number of ether oxygens (including phenoxy) is 1. The fourth-order valence-electron chi connectivity index (χ4n) is 5.18. The van der Waals surface area contributed by atoms with Gasteiger partial charge in [-0.2, -0.15) is 0 Å². The predicted molar refractivity (Wildman–Crippen MR) is 129 cm³/mol. The molecule has 4 heterocycles. The van der Waals surface area contributed by atoms with Gasteiger partial charge in [0.1, 0.15) is 17.0 Å². The molecule has 2 fully saturated rings. The van der Waals surface area contributed by atoms with E-state index < -0.39 is 29.9 Å². The van der Waals surface area contributed by atoms with Gasteiger partial charge in [0.15, 0.2) is 6.10 Å². The molecule has 3 aromatic rings. The Morgan fingerprint density at radius 2 is 1.85 bits per heavy atom. The number of aryl methyl sites for hydroxylation is 1. The SMILES string of the molecule is COC(=O)c1c(N2C(=O)[C@H]3[C@@H](c4cccs4)N(c4ccccc4)O[C@H]3C2=O)sc2c1CCCC2. The van der Waals surface area contributed by atoms with Crippen LogP contribution in [-0.4, -0.2) is 31.0 Å². The molecule has 2 aromatic heterocycles. The summed E-state index contributed by atoms with van der Waals surface area (Å²) in [5.41, 5.74) is 2.05. The third-order valence-electron chi connectivity index (χ3n) is 6.71. The van der Waals surface area contributed by atoms with Crippen LogP contribution in [0.2, 0.25) is 0 Å². The first-order valence-electron chi connectivity index (χ1n) is 11.2. The summed E-state index contributed by atoms with van der Waals surface area (Å²) in [6, 6.07) is 12.9. The van der Waals surface area contributed by atoms with Gasteiger partial charge >= 0.3 is 5.97 Å². The number of carbonyl (C=O) groups is 3. The zero-order valence-corrected chi connectivity index (χ0v) is 20.1. The first kappa shape index (κ1) is 21.5. The molecule has 34 heavy (non-hydrogen) atoms. The summed E-state index contributed by atoms with van der Waals surface area (Å²) in [7, 11) is 1.33. The van der Waals surface area contributed by atoms with Crippen molar-refractivity contribution in [3.63, 3.8) is 0 Å². The summed E-state index contributed by atoms with van der Waals surface area (Å²) < 4.78 is 5.06. The van der Waals surface area contributed by atoms with E-state index in [2.05, 4.69) is 0 Å². The number of esters is 1. The van der Waals surface area contributed by atoms with Crippen molar-refractivity contribution in [1.82, 2.24) is 0 Å². The van der Waals surface area contributed by atoms with Gasteiger partial charge in [-0.1, -0.05) is 24.3 Å². The van der Waals surface area contributed by atoms with E-state index in [1.165, 1.54) is 34.7 Å². The average molecular weight is 495 g/mol. The van der Waals surface area contributed by atoms with E-state index in [0.29, 0.717) is 10.6 Å². The first-order valence-corrected chi connectivity index (χ1v) is 12.9. The minimum atomic E-state index is -0.954. The van der Waals surface area contributed by atoms with Gasteiger partial charge in [-0.25, -0.2) is 14.8 Å². The fourth-order valence-corrected chi connectivity index (χ4v) is 7.42. The first-order chi connectivity index (χ1) is 16.6. The number of hydrogen-bond acceptors (Lipinski definition) is 8. The quantitative estimate of drug-likeness (QED) is 0.392. The van der Waals surface area contributed by atoms with Crippen LogP contribution < -0.4 is 9.96 Å². The Morgan fingerprint density at radius 1 is 1.06 bits per heavy atom. The molecule has 2 amide bonds. The molecule has 2 saturated heterocycles. The molecule has 1 aromatic carbocycles. The highest BCUT2D eigenvalue weighted by atomic mass is 32.1. The van der Waals surface area contributed by atoms with E-state index in [-0.39, 0.29) is 5.91 Å². The normalized spacial score (nSPS) is 23.9. The van der Waals surface area contributed by atoms with Gasteiger partial charge in [0, 0.05) is 9.75 Å². The van der Waals surface area contributed by atoms with Crippen molar-refractivity contribution in [2.75, 3.05) is 17.1 Å². The second-order valence-electron chi connectivity index (χ2n) is 8.57. The van der Waals surface area contributed by atoms with Gasteiger partial charge in [0.05, 0.1) is 18.4 Å². The minimum Gasteiger partial charge on any atom is -0.465 e. The van der Waals surface area contributed by atoms with E-state index in [0.717, 1.165) is 46.7 Å². The smallest absolute Gasteiger partial charge is 0.341 e. The molecule has 0 N–H and O–H groups in total. The molecule has 174 valence electrons. The van der Waals surface area contributed by atoms with Gasteiger partial charge in [-0.15, -0.1) is 22.7 Å². The summed E-state index contributed by atoms with van der Waals surface area (Å²) >= 11 is 2.89. The molecule has 2 aliphatic heterocycles. The van der Waals surface area contributed by atoms with Crippen molar-refractivity contribution in [1.29, 1.82) is 0 Å². The zero-order chi connectivity index (χ0) is 23.4. The third-order valence-corrected chi connectivity index (χ3v) is 8.93. The molecule has 9 heteroatoms. The molecular formula is C25H22N2O5S2. The Hall–Kier alpha value is -3.01. The van der Waals surface area contributed by atoms with Gasteiger partial charge in [-0.05, 0) is 54.8 Å². The van der Waals surface area contributed by atoms with E-state index in [1.807, 2.05) is 47.8 Å². The molecule has 7 nitrogen and oxygen atoms in total. The number of imide groups is 1. The zero-order valence-electron chi connectivity index (χ0n) is 18.4. The molecule has 0 saturated carbocycles. The van der Waals surface area contributed by atoms with Crippen molar-refractivity contribution in [3.8, 4) is 0 Å². The van der Waals surface area contributed by atoms with Crippen LogP contribution in [0.15, 0.2) is 47.8 Å². The molecule has 3 aliphatic rings. The molecular weight excluding hydrogens is 472 g/mol. The highest BCUT2D eigenvalue weighted by Crippen LogP contribution is 2.51. The molecule has 6 rings (SSSR count). The van der Waals surface area contributed by atoms with Crippen LogP contribution in [0, 0.1) is 5.92 Å². The largest absolute Gasteiger partial charge is 0.465 e. The fraction of sp³-hybridized carbons (Fsp3) is 0.320. The van der Waals surface area contributed by atoms with E-state index in [1.54, 1.807) is 5.06 Å². The number of methoxy groups -OCH3 is 1. The molecule has 0 spiro atoms. The number of nitrogens with zero attached hydrogens (tertiary/aromatic N) is 2. The topological polar surface area (TPSA) is 76.2 Å². The van der Waals surface area contributed by atoms with Crippen molar-refractivity contribution in [2.45, 2.75) is 37.8 Å². The maximum absolute atomic E-state index is 13.9. The summed E-state index contributed by atoms with van der Waals surface area (Å²) in [6.07, 6.45) is 2.62. The Balaban J connectivity index is 1.44. The molecule has 3 atom stereocenters. The van der Waals surface area contributed by atoms with Gasteiger partial charge in [0.25, 0.3) is 5.91 Å². The number of rotatable bonds is 4. The van der Waals surface area contributed by atoms with Crippen molar-refractivity contribution >= 4 is 51.1 Å². The monoisotopic (exact) mass is 494 g/mol. The maximum atomic E-state index is 13.9. The lowest BCUT2D eigenvalue weighted by Gasteiger charge is -2.27. The number of amides is 2. The Morgan fingerprint density at radius 3 is 2.59 bits per heavy atom. The second kappa shape index (κ2) is 8.33. The molecule has 0 bridgehead atoms. The number of hydrogen-bond donors (Lipinski definition) is 0. The maximum Gasteiger partial charge on any atom is 0.341 e. The second-order valence-corrected chi connectivity index (χ2v) is 10.6. The van der Waals surface area contributed by atoms with Gasteiger partial charge < -0.3 is 4.74 Å². The number of fused-ring (bicyclic) bond motifs is 2. The van der Waals surface area contributed by atoms with Crippen LogP contribution in [0.3, 0.4) is 0 Å². The van der Waals surface area contributed by atoms with Crippen LogP contribution in [0.25, 0.3) is 0 Å². The highest BCUT2D eigenvalue weighted by Gasteiger charge is 2.61. The minimum absolute atomic E-state index is 0.337. The number of thiophene rings is 2. The highest BCUT2D eigenvalue weighted by molar-refractivity contribution is 7.17. The van der Waals surface area contributed by atoms with Crippen molar-refractivity contribution in [2.24, 2.45) is 5.92 Å². The standard InChI is InChI=1S/C25H22N2O5S2/c1-31-25(30)18-15-10-5-6-11-16(15)34-24(18)26-22(28)19-20(17-12-7-13-33-17)27(32-21(19)23(26)29)14-8-3-2-4-9-14/h2-4,7-9,12-13,19-21H,5-6,10-11H2,1H3/t19-,20+,21+/m0/s1. The lowest BCUT2D eigenvalue weighted by Crippen LogP contribution is -2.37. The lowest BCUT2D eigenvalue weighted by molar-refractivity contribution is -0.126. The molecule has 1 aliphatic carbocycles. The molecule has 0 radical (unpaired) electrons. The number of hydroxylamine groups is 1. The Kier molecular flexibility index (Phi) is 5.28. The Bertz CT molecular complexity index is 1270. The van der Waals surface area contributed by atoms with Crippen molar-refractivity contribution in [3.05, 3.63) is 68.7 Å². The number of benzene rings is 1. The lowest BCUT2D eigenvalue weighted by atomic mass is 9.95. The summed E-state index contributed by atoms with van der Waals surface area (Å²) in [5, 5.41) is 4.02. The van der Waals surface area contributed by atoms with Crippen LogP contribution in [0.4, 0.5) is 10.7 Å². The number of para-hydroxylation sites is 1. The Labute approximate surface area is 204 Å². The number of carbonyl (C=O) groups excluding carboxylic acids is 3. The molecule has 0 unspecified atom stereocenters. The van der Waals surface area contributed by atoms with Gasteiger partial charge in [0.2, 0.25) is 5.91 Å². The van der Waals surface area contributed by atoms with Crippen LogP contribution in [0.1, 0.15) is 44.6 Å². The van der Waals surface area contributed by atoms with Crippen LogP contribution >= 0.6 is 22.7 Å².